The van der Waals surface area contributed by atoms with Crippen LogP contribution in [0.5, 0.6) is 0 Å². The smallest absolute Gasteiger partial charge is 0.129 e. The van der Waals surface area contributed by atoms with Gasteiger partial charge in [0.05, 0.1) is 12.1 Å². The van der Waals surface area contributed by atoms with Crippen molar-refractivity contribution in [1.29, 1.82) is 5.26 Å². The number of allylic oxidation sites excluding steroid dienone is 1. The van der Waals surface area contributed by atoms with E-state index in [2.05, 4.69) is 10.3 Å². The molecule has 1 heterocycles. The molecule has 0 saturated carbocycles. The fourth-order valence-electron chi connectivity index (χ4n) is 1.47. The summed E-state index contributed by atoms with van der Waals surface area (Å²) in [5.41, 5.74) is 1.05. The second kappa shape index (κ2) is 6.77. The van der Waals surface area contributed by atoms with Gasteiger partial charge in [0.25, 0.3) is 0 Å². The number of pyridine rings is 1. The molecule has 1 N–H and O–H groups in total. The van der Waals surface area contributed by atoms with Gasteiger partial charge < -0.3 is 10.2 Å². The molecule has 0 unspecified atom stereocenters. The normalized spacial score (nSPS) is 10.8. The average Bonchev–Trinajstić information content (AvgIpc) is 2.36. The molecule has 4 nitrogen and oxygen atoms in total. The molecule has 1 aromatic rings. The van der Waals surface area contributed by atoms with Crippen LogP contribution in [0.25, 0.3) is 0 Å². The molecule has 0 radical (unpaired) electrons. The predicted molar refractivity (Wildman–Crippen MR) is 68.1 cm³/mol. The van der Waals surface area contributed by atoms with Crippen LogP contribution in [0, 0.1) is 11.3 Å². The van der Waals surface area contributed by atoms with Crippen molar-refractivity contribution >= 4 is 11.6 Å². The highest BCUT2D eigenvalue weighted by atomic mass is 35.5. The maximum atomic E-state index is 8.69. The lowest BCUT2D eigenvalue weighted by Crippen LogP contribution is -2.29. The van der Waals surface area contributed by atoms with Crippen molar-refractivity contribution in [2.45, 2.75) is 13.5 Å². The maximum absolute atomic E-state index is 8.69. The summed E-state index contributed by atoms with van der Waals surface area (Å²) in [5.74, 6) is 0.796. The molecule has 0 amide bonds. The lowest BCUT2D eigenvalue weighted by molar-refractivity contribution is 0.334. The minimum atomic E-state index is 0.484. The van der Waals surface area contributed by atoms with Crippen LogP contribution in [0.1, 0.15) is 12.5 Å². The molecule has 0 aromatic carbocycles. The van der Waals surface area contributed by atoms with Gasteiger partial charge in [0.1, 0.15) is 11.0 Å². The van der Waals surface area contributed by atoms with Crippen molar-refractivity contribution in [1.82, 2.24) is 15.2 Å². The summed E-state index contributed by atoms with van der Waals surface area (Å²) >= 11 is 5.73. The third-order valence-corrected chi connectivity index (χ3v) is 2.57. The highest BCUT2D eigenvalue weighted by Gasteiger charge is 2.07. The van der Waals surface area contributed by atoms with Crippen LogP contribution in [0.3, 0.4) is 0 Å². The summed E-state index contributed by atoms with van der Waals surface area (Å²) in [5, 5.41) is 12.2. The lowest BCUT2D eigenvalue weighted by atomic mass is 10.2. The highest BCUT2D eigenvalue weighted by Crippen LogP contribution is 2.10. The molecular weight excluding hydrogens is 236 g/mol. The summed E-state index contributed by atoms with van der Waals surface area (Å²) in [7, 11) is 1.80. The number of hydrogen-bond acceptors (Lipinski definition) is 4. The van der Waals surface area contributed by atoms with Gasteiger partial charge >= 0.3 is 0 Å². The zero-order valence-electron chi connectivity index (χ0n) is 9.94. The van der Waals surface area contributed by atoms with E-state index in [4.69, 9.17) is 16.9 Å². The van der Waals surface area contributed by atoms with E-state index >= 15 is 0 Å². The Hall–Kier alpha value is -1.73. The van der Waals surface area contributed by atoms with Crippen molar-refractivity contribution in [3.05, 3.63) is 40.9 Å². The van der Waals surface area contributed by atoms with Crippen molar-refractivity contribution in [2.75, 3.05) is 13.6 Å². The summed E-state index contributed by atoms with van der Waals surface area (Å²) in [6.07, 6.45) is 3.23. The van der Waals surface area contributed by atoms with E-state index in [9.17, 15) is 0 Å². The summed E-state index contributed by atoms with van der Waals surface area (Å²) in [6.45, 7) is 3.53. The molecule has 1 rings (SSSR count). The number of aromatic nitrogens is 1. The van der Waals surface area contributed by atoms with Crippen LogP contribution in [-0.2, 0) is 6.54 Å². The monoisotopic (exact) mass is 250 g/mol. The maximum Gasteiger partial charge on any atom is 0.129 e. The molecule has 1 aromatic heterocycles. The minimum absolute atomic E-state index is 0.484. The molecule has 0 aliphatic rings. The first-order valence-electron chi connectivity index (χ1n) is 5.34. The molecule has 0 aliphatic heterocycles. The molecule has 17 heavy (non-hydrogen) atoms. The van der Waals surface area contributed by atoms with Crippen LogP contribution in [0.2, 0.25) is 5.15 Å². The first-order chi connectivity index (χ1) is 8.21. The van der Waals surface area contributed by atoms with Gasteiger partial charge in [-0.2, -0.15) is 5.26 Å². The van der Waals surface area contributed by atoms with E-state index in [0.29, 0.717) is 11.7 Å². The van der Waals surface area contributed by atoms with Gasteiger partial charge in [-0.15, -0.1) is 0 Å². The molecule has 90 valence electrons. The molecule has 0 bridgehead atoms. The van der Waals surface area contributed by atoms with Gasteiger partial charge in [0, 0.05) is 26.3 Å². The van der Waals surface area contributed by atoms with Gasteiger partial charge in [-0.05, 0) is 18.6 Å². The van der Waals surface area contributed by atoms with Gasteiger partial charge in [-0.3, -0.25) is 0 Å². The number of rotatable bonds is 5. The van der Waals surface area contributed by atoms with Gasteiger partial charge in [-0.1, -0.05) is 17.7 Å². The average molecular weight is 251 g/mol. The summed E-state index contributed by atoms with van der Waals surface area (Å²) in [4.78, 5) is 6.08. The number of nitriles is 1. The van der Waals surface area contributed by atoms with E-state index in [1.165, 1.54) is 6.08 Å². The Bertz CT molecular complexity index is 419. The Kier molecular flexibility index (Phi) is 5.31. The van der Waals surface area contributed by atoms with E-state index in [1.54, 1.807) is 19.3 Å². The van der Waals surface area contributed by atoms with Gasteiger partial charge in [0.2, 0.25) is 0 Å². The Balaban J connectivity index is 2.80. The van der Waals surface area contributed by atoms with Crippen LogP contribution >= 0.6 is 11.6 Å². The number of hydrogen-bond donors (Lipinski definition) is 1. The summed E-state index contributed by atoms with van der Waals surface area (Å²) < 4.78 is 0. The highest BCUT2D eigenvalue weighted by molar-refractivity contribution is 6.29. The predicted octanol–water partition coefficient (Wildman–Crippen LogP) is 2.14. The molecule has 0 fully saturated rings. The second-order valence-corrected chi connectivity index (χ2v) is 3.80. The van der Waals surface area contributed by atoms with Crippen LogP contribution in [0.4, 0.5) is 0 Å². The quantitative estimate of drug-likeness (QED) is 0.643. The first-order valence-corrected chi connectivity index (χ1v) is 5.72. The Morgan fingerprint density at radius 3 is 2.88 bits per heavy atom. The first kappa shape index (κ1) is 13.3. The molecule has 0 atom stereocenters. The van der Waals surface area contributed by atoms with E-state index < -0.39 is 0 Å². The SMILES string of the molecule is CCN(Cc1ccc(Cl)nc1)/C(=C/C#N)NC. The summed E-state index contributed by atoms with van der Waals surface area (Å²) in [6, 6.07) is 5.72. The van der Waals surface area contributed by atoms with E-state index in [0.717, 1.165) is 17.9 Å². The van der Waals surface area contributed by atoms with E-state index in [1.807, 2.05) is 24.0 Å². The van der Waals surface area contributed by atoms with E-state index in [-0.39, 0.29) is 0 Å². The van der Waals surface area contributed by atoms with Crippen molar-refractivity contribution in [2.24, 2.45) is 0 Å². The molecular formula is C12H15ClN4. The number of nitrogens with one attached hydrogen (secondary N) is 1. The zero-order chi connectivity index (χ0) is 12.7. The number of nitrogens with zero attached hydrogens (tertiary/aromatic N) is 3. The van der Waals surface area contributed by atoms with Crippen LogP contribution in [0.15, 0.2) is 30.2 Å². The van der Waals surface area contributed by atoms with Gasteiger partial charge in [0.15, 0.2) is 0 Å². The Morgan fingerprint density at radius 1 is 1.65 bits per heavy atom. The topological polar surface area (TPSA) is 52.0 Å². The minimum Gasteiger partial charge on any atom is -0.374 e. The third kappa shape index (κ3) is 3.97. The van der Waals surface area contributed by atoms with Crippen molar-refractivity contribution < 1.29 is 0 Å². The Labute approximate surface area is 107 Å². The van der Waals surface area contributed by atoms with Gasteiger partial charge in [-0.25, -0.2) is 4.98 Å². The van der Waals surface area contributed by atoms with Crippen molar-refractivity contribution in [3.63, 3.8) is 0 Å². The standard InChI is InChI=1S/C12H15ClN4/c1-3-17(12(15-2)6-7-14)9-10-4-5-11(13)16-8-10/h4-6,8,15H,3,9H2,1-2H3/b12-6+. The van der Waals surface area contributed by atoms with Crippen LogP contribution in [-0.4, -0.2) is 23.5 Å². The molecule has 0 aliphatic carbocycles. The fourth-order valence-corrected chi connectivity index (χ4v) is 1.58. The third-order valence-electron chi connectivity index (χ3n) is 2.34. The van der Waals surface area contributed by atoms with Crippen LogP contribution < -0.4 is 5.32 Å². The fraction of sp³-hybridized carbons (Fsp3) is 0.333. The number of halogens is 1. The Morgan fingerprint density at radius 2 is 2.41 bits per heavy atom. The lowest BCUT2D eigenvalue weighted by Gasteiger charge is -2.25. The molecule has 0 spiro atoms. The van der Waals surface area contributed by atoms with Crippen molar-refractivity contribution in [3.8, 4) is 6.07 Å². The molecule has 0 saturated heterocycles. The second-order valence-electron chi connectivity index (χ2n) is 3.41. The molecule has 5 heteroatoms. The zero-order valence-corrected chi connectivity index (χ0v) is 10.7. The largest absolute Gasteiger partial charge is 0.374 e.